The van der Waals surface area contributed by atoms with E-state index < -0.39 is 11.9 Å². The fraction of sp³-hybridized carbons (Fsp3) is 0.167. The summed E-state index contributed by atoms with van der Waals surface area (Å²) in [4.78, 5) is 29.3. The molecule has 0 radical (unpaired) electrons. The minimum atomic E-state index is -0.513. The number of esters is 1. The molecule has 0 aliphatic rings. The van der Waals surface area contributed by atoms with Crippen LogP contribution in [0.3, 0.4) is 0 Å². The van der Waals surface area contributed by atoms with Gasteiger partial charge in [0.1, 0.15) is 10.8 Å². The number of aromatic nitrogens is 1. The fourth-order valence-corrected chi connectivity index (χ4v) is 4.08. The zero-order valence-corrected chi connectivity index (χ0v) is 16.6. The van der Waals surface area contributed by atoms with Crippen molar-refractivity contribution in [1.29, 1.82) is 0 Å². The first-order valence-electron chi connectivity index (χ1n) is 7.82. The van der Waals surface area contributed by atoms with Crippen LogP contribution in [0.5, 0.6) is 5.75 Å². The number of amides is 1. The Labute approximate surface area is 168 Å². The molecule has 0 aliphatic carbocycles. The van der Waals surface area contributed by atoms with Gasteiger partial charge in [-0.3, -0.25) is 9.59 Å². The van der Waals surface area contributed by atoms with Gasteiger partial charge in [-0.15, -0.1) is 22.7 Å². The molecule has 1 N–H and O–H groups in total. The molecule has 140 valence electrons. The molecule has 0 bridgehead atoms. The minimum absolute atomic E-state index is 0.0174. The van der Waals surface area contributed by atoms with E-state index in [0.717, 1.165) is 9.88 Å². The van der Waals surface area contributed by atoms with Crippen LogP contribution in [0.4, 0.5) is 5.69 Å². The molecule has 1 amide bonds. The number of thiazole rings is 1. The van der Waals surface area contributed by atoms with E-state index in [1.54, 1.807) is 29.5 Å². The lowest BCUT2D eigenvalue weighted by atomic mass is 10.3. The van der Waals surface area contributed by atoms with Gasteiger partial charge in [0.25, 0.3) is 5.91 Å². The third-order valence-corrected chi connectivity index (χ3v) is 5.63. The number of methoxy groups -OCH3 is 1. The third-order valence-electron chi connectivity index (χ3n) is 3.41. The summed E-state index contributed by atoms with van der Waals surface area (Å²) in [5, 5.41) is 7.63. The van der Waals surface area contributed by atoms with Gasteiger partial charge in [-0.25, -0.2) is 4.98 Å². The summed E-state index contributed by atoms with van der Waals surface area (Å²) in [6.07, 6.45) is 0.0174. The van der Waals surface area contributed by atoms with Crippen LogP contribution in [-0.2, 0) is 20.7 Å². The largest absolute Gasteiger partial charge is 0.495 e. The molecule has 9 heteroatoms. The molecule has 2 heterocycles. The van der Waals surface area contributed by atoms with Crippen molar-refractivity contribution in [3.8, 4) is 15.6 Å². The van der Waals surface area contributed by atoms with Crippen molar-refractivity contribution in [1.82, 2.24) is 4.98 Å². The number of nitrogens with zero attached hydrogens (tertiary/aromatic N) is 1. The van der Waals surface area contributed by atoms with E-state index in [0.29, 0.717) is 22.2 Å². The number of nitrogens with one attached hydrogen (secondary N) is 1. The number of rotatable bonds is 7. The summed E-state index contributed by atoms with van der Waals surface area (Å²) in [5.74, 6) is -0.464. The average Bonchev–Trinajstić information content (AvgIpc) is 3.32. The van der Waals surface area contributed by atoms with Gasteiger partial charge >= 0.3 is 5.97 Å². The molecule has 3 rings (SSSR count). The van der Waals surface area contributed by atoms with Gasteiger partial charge in [-0.2, -0.15) is 0 Å². The van der Waals surface area contributed by atoms with Crippen LogP contribution in [0.2, 0.25) is 5.02 Å². The fourth-order valence-electron chi connectivity index (χ4n) is 2.19. The van der Waals surface area contributed by atoms with E-state index in [1.165, 1.54) is 18.4 Å². The van der Waals surface area contributed by atoms with E-state index in [-0.39, 0.29) is 13.0 Å². The number of hydrogen-bond acceptors (Lipinski definition) is 7. The lowest BCUT2D eigenvalue weighted by molar-refractivity contribution is -0.146. The Hall–Kier alpha value is -2.42. The maximum absolute atomic E-state index is 11.9. The Morgan fingerprint density at radius 2 is 2.11 bits per heavy atom. The van der Waals surface area contributed by atoms with Crippen molar-refractivity contribution in [3.63, 3.8) is 0 Å². The molecular weight excluding hydrogens is 408 g/mol. The van der Waals surface area contributed by atoms with Gasteiger partial charge < -0.3 is 14.8 Å². The van der Waals surface area contributed by atoms with E-state index >= 15 is 0 Å². The van der Waals surface area contributed by atoms with Crippen molar-refractivity contribution in [2.24, 2.45) is 0 Å². The first kappa shape index (κ1) is 19.3. The zero-order chi connectivity index (χ0) is 19.2. The lowest BCUT2D eigenvalue weighted by Gasteiger charge is -2.08. The van der Waals surface area contributed by atoms with Gasteiger partial charge in [0, 0.05) is 11.1 Å². The van der Waals surface area contributed by atoms with Crippen LogP contribution >= 0.6 is 34.3 Å². The SMILES string of the molecule is COc1ccc(NC(=O)COC(=O)Cc2csc(-c3cccs3)n2)cc1Cl. The first-order valence-corrected chi connectivity index (χ1v) is 9.96. The number of benzene rings is 1. The number of anilines is 1. The monoisotopic (exact) mass is 422 g/mol. The summed E-state index contributed by atoms with van der Waals surface area (Å²) in [7, 11) is 1.50. The zero-order valence-electron chi connectivity index (χ0n) is 14.2. The van der Waals surface area contributed by atoms with Crippen molar-refractivity contribution in [2.75, 3.05) is 19.0 Å². The summed E-state index contributed by atoms with van der Waals surface area (Å²) in [6.45, 7) is -0.385. The molecule has 0 aliphatic heterocycles. The van der Waals surface area contributed by atoms with E-state index in [9.17, 15) is 9.59 Å². The van der Waals surface area contributed by atoms with E-state index in [4.69, 9.17) is 21.1 Å². The molecule has 0 spiro atoms. The molecule has 2 aromatic heterocycles. The summed E-state index contributed by atoms with van der Waals surface area (Å²) in [6, 6.07) is 8.76. The second-order valence-electron chi connectivity index (χ2n) is 5.36. The van der Waals surface area contributed by atoms with Gasteiger partial charge in [-0.05, 0) is 29.6 Å². The van der Waals surface area contributed by atoms with Crippen molar-refractivity contribution < 1.29 is 19.1 Å². The number of hydrogen-bond donors (Lipinski definition) is 1. The predicted molar refractivity (Wildman–Crippen MR) is 107 cm³/mol. The van der Waals surface area contributed by atoms with Gasteiger partial charge in [0.05, 0.1) is 29.1 Å². The molecule has 6 nitrogen and oxygen atoms in total. The van der Waals surface area contributed by atoms with E-state index in [1.807, 2.05) is 22.9 Å². The second kappa shape index (κ2) is 8.98. The Morgan fingerprint density at radius 3 is 2.81 bits per heavy atom. The first-order chi connectivity index (χ1) is 13.0. The maximum atomic E-state index is 11.9. The summed E-state index contributed by atoms with van der Waals surface area (Å²) >= 11 is 9.06. The Balaban J connectivity index is 1.47. The Morgan fingerprint density at radius 1 is 1.26 bits per heavy atom. The highest BCUT2D eigenvalue weighted by atomic mass is 35.5. The molecule has 0 unspecified atom stereocenters. The number of thiophene rings is 1. The highest BCUT2D eigenvalue weighted by Crippen LogP contribution is 2.28. The molecule has 0 atom stereocenters. The molecule has 0 fully saturated rings. The van der Waals surface area contributed by atoms with Crippen LogP contribution in [0, 0.1) is 0 Å². The van der Waals surface area contributed by atoms with E-state index in [2.05, 4.69) is 10.3 Å². The van der Waals surface area contributed by atoms with Crippen molar-refractivity contribution in [3.05, 3.63) is 51.8 Å². The maximum Gasteiger partial charge on any atom is 0.312 e. The molecule has 0 saturated heterocycles. The van der Waals surface area contributed by atoms with Crippen LogP contribution < -0.4 is 10.1 Å². The molecule has 27 heavy (non-hydrogen) atoms. The second-order valence-corrected chi connectivity index (χ2v) is 7.57. The van der Waals surface area contributed by atoms with Crippen molar-refractivity contribution in [2.45, 2.75) is 6.42 Å². The van der Waals surface area contributed by atoms with Crippen LogP contribution in [0.1, 0.15) is 5.69 Å². The number of halogens is 1. The Bertz CT molecular complexity index is 941. The molecule has 1 aromatic carbocycles. The average molecular weight is 423 g/mol. The smallest absolute Gasteiger partial charge is 0.312 e. The lowest BCUT2D eigenvalue weighted by Crippen LogP contribution is -2.21. The molecule has 0 saturated carbocycles. The van der Waals surface area contributed by atoms with Gasteiger partial charge in [-0.1, -0.05) is 17.7 Å². The quantitative estimate of drug-likeness (QED) is 0.575. The topological polar surface area (TPSA) is 77.5 Å². The normalized spacial score (nSPS) is 10.4. The number of carbonyl (C=O) groups excluding carboxylic acids is 2. The number of ether oxygens (including phenoxy) is 2. The highest BCUT2D eigenvalue weighted by Gasteiger charge is 2.13. The minimum Gasteiger partial charge on any atom is -0.495 e. The van der Waals surface area contributed by atoms with Crippen LogP contribution in [0.25, 0.3) is 9.88 Å². The van der Waals surface area contributed by atoms with Crippen LogP contribution in [-0.4, -0.2) is 30.6 Å². The Kier molecular flexibility index (Phi) is 6.44. The van der Waals surface area contributed by atoms with Crippen LogP contribution in [0.15, 0.2) is 41.1 Å². The predicted octanol–water partition coefficient (Wildman–Crippen LogP) is 4.26. The standard InChI is InChI=1S/C18H15ClN2O4S2/c1-24-14-5-4-11(7-13(14)19)20-16(22)9-25-17(23)8-12-10-27-18(21-12)15-3-2-6-26-15/h2-7,10H,8-9H2,1H3,(H,20,22). The van der Waals surface area contributed by atoms with Gasteiger partial charge in [0.2, 0.25) is 0 Å². The molecule has 3 aromatic rings. The van der Waals surface area contributed by atoms with Gasteiger partial charge in [0.15, 0.2) is 6.61 Å². The highest BCUT2D eigenvalue weighted by molar-refractivity contribution is 7.20. The summed E-state index contributed by atoms with van der Waals surface area (Å²) in [5.41, 5.74) is 1.11. The number of carbonyl (C=O) groups is 2. The molecular formula is C18H15ClN2O4S2. The van der Waals surface area contributed by atoms with Crippen molar-refractivity contribution >= 4 is 51.8 Å². The summed E-state index contributed by atoms with van der Waals surface area (Å²) < 4.78 is 10.1. The third kappa shape index (κ3) is 5.29.